The number of hydrogen-bond acceptors (Lipinski definition) is 4. The van der Waals surface area contributed by atoms with E-state index in [1.807, 2.05) is 0 Å². The zero-order chi connectivity index (χ0) is 13.7. The fourth-order valence-electron chi connectivity index (χ4n) is 2.76. The summed E-state index contributed by atoms with van der Waals surface area (Å²) in [5.74, 6) is 0.868. The molecular formula is C15H31N3O. The average molecular weight is 269 g/mol. The lowest BCUT2D eigenvalue weighted by molar-refractivity contribution is -0.191. The van der Waals surface area contributed by atoms with Crippen molar-refractivity contribution in [3.63, 3.8) is 0 Å². The zero-order valence-corrected chi connectivity index (χ0v) is 13.0. The summed E-state index contributed by atoms with van der Waals surface area (Å²) in [6.07, 6.45) is 2.57. The maximum Gasteiger partial charge on any atom is 0.0733 e. The van der Waals surface area contributed by atoms with Crippen LogP contribution in [-0.4, -0.2) is 62.4 Å². The third kappa shape index (κ3) is 5.78. The van der Waals surface area contributed by atoms with Gasteiger partial charge >= 0.3 is 0 Å². The molecule has 0 amide bonds. The Morgan fingerprint density at radius 3 is 2.26 bits per heavy atom. The van der Waals surface area contributed by atoms with Crippen LogP contribution in [0.4, 0.5) is 0 Å². The van der Waals surface area contributed by atoms with E-state index in [0.717, 1.165) is 38.7 Å². The summed E-state index contributed by atoms with van der Waals surface area (Å²) in [5, 5.41) is 5.60. The highest BCUT2D eigenvalue weighted by Crippen LogP contribution is 2.21. The molecule has 0 aromatic heterocycles. The van der Waals surface area contributed by atoms with Gasteiger partial charge in [-0.05, 0) is 24.2 Å². The van der Waals surface area contributed by atoms with Crippen LogP contribution in [0.3, 0.4) is 0 Å². The van der Waals surface area contributed by atoms with Crippen molar-refractivity contribution in [2.45, 2.75) is 33.6 Å². The Kier molecular flexibility index (Phi) is 5.63. The van der Waals surface area contributed by atoms with Crippen LogP contribution in [0.15, 0.2) is 0 Å². The predicted octanol–water partition coefficient (Wildman–Crippen LogP) is 1.58. The first kappa shape index (κ1) is 15.2. The first-order valence-electron chi connectivity index (χ1n) is 7.84. The number of nitrogens with one attached hydrogen (secondary N) is 1. The maximum atomic E-state index is 5.90. The first-order chi connectivity index (χ1) is 9.03. The topological polar surface area (TPSA) is 27.7 Å². The molecule has 0 aromatic carbocycles. The van der Waals surface area contributed by atoms with Gasteiger partial charge in [-0.15, -0.1) is 0 Å². The van der Waals surface area contributed by atoms with E-state index in [9.17, 15) is 0 Å². The lowest BCUT2D eigenvalue weighted by atomic mass is 9.97. The molecule has 0 saturated carbocycles. The number of piperazine rings is 1. The number of hydroxylamine groups is 2. The predicted molar refractivity (Wildman–Crippen MR) is 79.0 cm³/mol. The minimum atomic E-state index is 0.262. The molecule has 2 rings (SSSR count). The minimum Gasteiger partial charge on any atom is -0.314 e. The molecule has 2 aliphatic heterocycles. The molecule has 0 aliphatic carbocycles. The highest BCUT2D eigenvalue weighted by Gasteiger charge is 2.23. The molecule has 0 radical (unpaired) electrons. The largest absolute Gasteiger partial charge is 0.314 e. The Morgan fingerprint density at radius 2 is 1.68 bits per heavy atom. The maximum absolute atomic E-state index is 5.90. The van der Waals surface area contributed by atoms with E-state index in [0.29, 0.717) is 0 Å². The molecule has 0 atom stereocenters. The lowest BCUT2D eigenvalue weighted by Gasteiger charge is -2.36. The van der Waals surface area contributed by atoms with Crippen LogP contribution in [0.1, 0.15) is 33.6 Å². The fourth-order valence-corrected chi connectivity index (χ4v) is 2.76. The number of piperidine rings is 1. The molecule has 1 N–H and O–H groups in total. The summed E-state index contributed by atoms with van der Waals surface area (Å²) in [7, 11) is 0. The van der Waals surface area contributed by atoms with Crippen LogP contribution in [0.2, 0.25) is 0 Å². The second-order valence-corrected chi connectivity index (χ2v) is 7.26. The van der Waals surface area contributed by atoms with Gasteiger partial charge in [0.25, 0.3) is 0 Å². The fraction of sp³-hybridized carbons (Fsp3) is 1.00. The first-order valence-corrected chi connectivity index (χ1v) is 7.84. The molecule has 112 valence electrons. The van der Waals surface area contributed by atoms with Crippen molar-refractivity contribution in [1.82, 2.24) is 15.3 Å². The quantitative estimate of drug-likeness (QED) is 0.839. The Bertz CT molecular complexity index is 251. The van der Waals surface area contributed by atoms with Gasteiger partial charge in [-0.2, -0.15) is 5.06 Å². The summed E-state index contributed by atoms with van der Waals surface area (Å²) < 4.78 is 0. The van der Waals surface area contributed by atoms with Gasteiger partial charge in [-0.25, -0.2) is 0 Å². The van der Waals surface area contributed by atoms with Crippen LogP contribution in [0, 0.1) is 11.3 Å². The van der Waals surface area contributed by atoms with Crippen molar-refractivity contribution in [2.24, 2.45) is 11.3 Å². The van der Waals surface area contributed by atoms with Gasteiger partial charge in [0, 0.05) is 45.8 Å². The van der Waals surface area contributed by atoms with Crippen LogP contribution < -0.4 is 5.32 Å². The molecule has 2 heterocycles. The Labute approximate surface area is 118 Å². The number of hydrogen-bond donors (Lipinski definition) is 1. The van der Waals surface area contributed by atoms with E-state index < -0.39 is 0 Å². The molecule has 2 aliphatic rings. The molecular weight excluding hydrogens is 238 g/mol. The Balaban J connectivity index is 1.62. The van der Waals surface area contributed by atoms with Crippen LogP contribution in [-0.2, 0) is 4.84 Å². The van der Waals surface area contributed by atoms with E-state index in [-0.39, 0.29) is 5.41 Å². The highest BCUT2D eigenvalue weighted by atomic mass is 16.7. The molecule has 0 bridgehead atoms. The molecule has 0 spiro atoms. The number of nitrogens with zero attached hydrogens (tertiary/aromatic N) is 2. The summed E-state index contributed by atoms with van der Waals surface area (Å²) in [4.78, 5) is 8.51. The van der Waals surface area contributed by atoms with Crippen molar-refractivity contribution in [3.8, 4) is 0 Å². The standard InChI is InChI=1S/C15H31N3O/c1-15(2,3)13-19-18-8-4-14(5-9-18)12-17-10-6-16-7-11-17/h14,16H,4-13H2,1-3H3. The van der Waals surface area contributed by atoms with E-state index >= 15 is 0 Å². The summed E-state index contributed by atoms with van der Waals surface area (Å²) in [6.45, 7) is 15.8. The van der Waals surface area contributed by atoms with Crippen LogP contribution in [0.5, 0.6) is 0 Å². The van der Waals surface area contributed by atoms with E-state index in [1.165, 1.54) is 32.5 Å². The van der Waals surface area contributed by atoms with Crippen molar-refractivity contribution in [1.29, 1.82) is 0 Å². The van der Waals surface area contributed by atoms with Gasteiger partial charge in [-0.3, -0.25) is 4.84 Å². The highest BCUT2D eigenvalue weighted by molar-refractivity contribution is 4.75. The van der Waals surface area contributed by atoms with Gasteiger partial charge in [-0.1, -0.05) is 20.8 Å². The number of rotatable bonds is 4. The van der Waals surface area contributed by atoms with Gasteiger partial charge in [0.15, 0.2) is 0 Å². The van der Waals surface area contributed by atoms with Crippen LogP contribution >= 0.6 is 0 Å². The van der Waals surface area contributed by atoms with Gasteiger partial charge in [0.05, 0.1) is 6.61 Å². The summed E-state index contributed by atoms with van der Waals surface area (Å²) in [5.41, 5.74) is 0.262. The van der Waals surface area contributed by atoms with Crippen molar-refractivity contribution in [2.75, 3.05) is 52.4 Å². The molecule has 4 nitrogen and oxygen atoms in total. The SMILES string of the molecule is CC(C)(C)CON1CCC(CN2CCNCC2)CC1. The summed E-state index contributed by atoms with van der Waals surface area (Å²) in [6, 6.07) is 0. The Hall–Kier alpha value is -0.160. The van der Waals surface area contributed by atoms with Gasteiger partial charge in [0.2, 0.25) is 0 Å². The molecule has 2 fully saturated rings. The van der Waals surface area contributed by atoms with Crippen molar-refractivity contribution >= 4 is 0 Å². The van der Waals surface area contributed by atoms with Crippen LogP contribution in [0.25, 0.3) is 0 Å². The third-order valence-corrected chi connectivity index (χ3v) is 3.98. The Morgan fingerprint density at radius 1 is 1.05 bits per heavy atom. The normalized spacial score (nSPS) is 24.8. The van der Waals surface area contributed by atoms with Gasteiger partial charge in [0.1, 0.15) is 0 Å². The van der Waals surface area contributed by atoms with Crippen molar-refractivity contribution in [3.05, 3.63) is 0 Å². The molecule has 0 aromatic rings. The third-order valence-electron chi connectivity index (χ3n) is 3.98. The van der Waals surface area contributed by atoms with E-state index in [4.69, 9.17) is 4.84 Å². The van der Waals surface area contributed by atoms with E-state index in [1.54, 1.807) is 0 Å². The zero-order valence-electron chi connectivity index (χ0n) is 13.0. The van der Waals surface area contributed by atoms with Crippen molar-refractivity contribution < 1.29 is 4.84 Å². The summed E-state index contributed by atoms with van der Waals surface area (Å²) >= 11 is 0. The molecule has 19 heavy (non-hydrogen) atoms. The molecule has 2 saturated heterocycles. The molecule has 0 unspecified atom stereocenters. The van der Waals surface area contributed by atoms with Gasteiger partial charge < -0.3 is 10.2 Å². The second kappa shape index (κ2) is 7.02. The average Bonchev–Trinajstić information content (AvgIpc) is 2.38. The van der Waals surface area contributed by atoms with E-state index in [2.05, 4.69) is 36.1 Å². The second-order valence-electron chi connectivity index (χ2n) is 7.26. The monoisotopic (exact) mass is 269 g/mol. The minimum absolute atomic E-state index is 0.262. The smallest absolute Gasteiger partial charge is 0.0733 e. The molecule has 4 heteroatoms. The lowest BCUT2D eigenvalue weighted by Crippen LogP contribution is -2.47.